The smallest absolute Gasteiger partial charge is 0.267 e. The number of amides is 1. The minimum Gasteiger partial charge on any atom is -0.497 e. The van der Waals surface area contributed by atoms with Gasteiger partial charge in [0.25, 0.3) is 5.91 Å². The van der Waals surface area contributed by atoms with E-state index in [4.69, 9.17) is 9.47 Å². The summed E-state index contributed by atoms with van der Waals surface area (Å²) >= 11 is 1.31. The van der Waals surface area contributed by atoms with Gasteiger partial charge in [-0.1, -0.05) is 54.7 Å². The summed E-state index contributed by atoms with van der Waals surface area (Å²) < 4.78 is 11.2. The number of carbonyl (C=O) groups is 1. The second-order valence-electron chi connectivity index (χ2n) is 6.62. The Morgan fingerprint density at radius 1 is 1.03 bits per heavy atom. The van der Waals surface area contributed by atoms with Crippen molar-refractivity contribution in [3.63, 3.8) is 0 Å². The average Bonchev–Trinajstić information content (AvgIpc) is 3.26. The monoisotopic (exact) mass is 419 g/mol. The first-order valence-corrected chi connectivity index (χ1v) is 10.4. The normalized spacial score (nSPS) is 11.8. The number of anilines is 1. The molecule has 0 unspecified atom stereocenters. The fourth-order valence-corrected chi connectivity index (χ4v) is 3.84. The van der Waals surface area contributed by atoms with Crippen LogP contribution in [0.4, 0.5) is 5.13 Å². The number of rotatable bonds is 7. The average molecular weight is 420 g/mol. The summed E-state index contributed by atoms with van der Waals surface area (Å²) in [5.74, 6) is 1.21. The molecule has 1 amide bonds. The molecule has 4 rings (SSSR count). The van der Waals surface area contributed by atoms with Crippen molar-refractivity contribution >= 4 is 33.1 Å². The van der Waals surface area contributed by atoms with Crippen LogP contribution in [0.2, 0.25) is 0 Å². The summed E-state index contributed by atoms with van der Waals surface area (Å²) in [6, 6.07) is 21.3. The predicted molar refractivity (Wildman–Crippen MR) is 119 cm³/mol. The van der Waals surface area contributed by atoms with E-state index in [9.17, 15) is 4.79 Å². The highest BCUT2D eigenvalue weighted by Gasteiger charge is 2.21. The number of aromatic nitrogens is 2. The van der Waals surface area contributed by atoms with Gasteiger partial charge in [-0.15, -0.1) is 10.2 Å². The van der Waals surface area contributed by atoms with E-state index < -0.39 is 6.10 Å². The maximum absolute atomic E-state index is 12.8. The molecule has 152 valence electrons. The van der Waals surface area contributed by atoms with Gasteiger partial charge >= 0.3 is 0 Å². The van der Waals surface area contributed by atoms with Crippen LogP contribution in [-0.4, -0.2) is 29.3 Å². The summed E-state index contributed by atoms with van der Waals surface area (Å²) in [6.07, 6.45) is -0.108. The highest BCUT2D eigenvalue weighted by Crippen LogP contribution is 2.29. The summed E-state index contributed by atoms with van der Waals surface area (Å²) in [4.78, 5) is 12.8. The van der Waals surface area contributed by atoms with E-state index in [0.717, 1.165) is 27.1 Å². The Labute approximate surface area is 178 Å². The molecule has 1 N–H and O–H groups in total. The van der Waals surface area contributed by atoms with Gasteiger partial charge in [0, 0.05) is 10.9 Å². The summed E-state index contributed by atoms with van der Waals surface area (Å²) in [6.45, 7) is 1.91. The largest absolute Gasteiger partial charge is 0.497 e. The number of nitrogens with zero attached hydrogens (tertiary/aromatic N) is 2. The van der Waals surface area contributed by atoms with Crippen molar-refractivity contribution in [2.75, 3.05) is 12.4 Å². The molecule has 1 atom stereocenters. The van der Waals surface area contributed by atoms with Gasteiger partial charge in [0.05, 0.1) is 7.11 Å². The highest BCUT2D eigenvalue weighted by atomic mass is 32.1. The Kier molecular flexibility index (Phi) is 5.90. The van der Waals surface area contributed by atoms with Crippen molar-refractivity contribution in [1.29, 1.82) is 0 Å². The van der Waals surface area contributed by atoms with E-state index in [1.165, 1.54) is 11.3 Å². The Morgan fingerprint density at radius 2 is 1.80 bits per heavy atom. The predicted octanol–water partition coefficient (Wildman–Crippen LogP) is 5.16. The van der Waals surface area contributed by atoms with Crippen LogP contribution >= 0.6 is 11.3 Å². The Hall–Kier alpha value is -3.45. The summed E-state index contributed by atoms with van der Waals surface area (Å²) in [5.41, 5.74) is 0.910. The fraction of sp³-hybridized carbons (Fsp3) is 0.174. The molecule has 30 heavy (non-hydrogen) atoms. The van der Waals surface area contributed by atoms with Crippen LogP contribution in [0.5, 0.6) is 11.5 Å². The molecule has 0 saturated carbocycles. The van der Waals surface area contributed by atoms with Crippen molar-refractivity contribution in [2.45, 2.75) is 19.4 Å². The van der Waals surface area contributed by atoms with Crippen LogP contribution in [0.1, 0.15) is 13.3 Å². The van der Waals surface area contributed by atoms with Crippen molar-refractivity contribution in [2.24, 2.45) is 0 Å². The van der Waals surface area contributed by atoms with E-state index in [-0.39, 0.29) is 5.91 Å². The van der Waals surface area contributed by atoms with Gasteiger partial charge < -0.3 is 9.47 Å². The number of ether oxygens (including phenoxy) is 2. The summed E-state index contributed by atoms with van der Waals surface area (Å²) in [5, 5.41) is 14.3. The molecule has 0 aliphatic heterocycles. The zero-order valence-electron chi connectivity index (χ0n) is 16.7. The molecule has 0 fully saturated rings. The molecule has 3 aromatic carbocycles. The van der Waals surface area contributed by atoms with Crippen molar-refractivity contribution in [3.05, 3.63) is 66.7 Å². The lowest BCUT2D eigenvalue weighted by atomic mass is 10.1. The molecule has 0 spiro atoms. The third kappa shape index (κ3) is 4.26. The van der Waals surface area contributed by atoms with Crippen LogP contribution in [0.25, 0.3) is 21.3 Å². The highest BCUT2D eigenvalue weighted by molar-refractivity contribution is 7.18. The Balaban J connectivity index is 1.47. The van der Waals surface area contributed by atoms with Crippen molar-refractivity contribution in [3.8, 4) is 22.1 Å². The van der Waals surface area contributed by atoms with Gasteiger partial charge in [-0.25, -0.2) is 0 Å². The van der Waals surface area contributed by atoms with Crippen LogP contribution in [0.3, 0.4) is 0 Å². The second-order valence-corrected chi connectivity index (χ2v) is 7.60. The van der Waals surface area contributed by atoms with Crippen LogP contribution in [0, 0.1) is 0 Å². The molecule has 0 bridgehead atoms. The third-order valence-electron chi connectivity index (χ3n) is 4.67. The van der Waals surface area contributed by atoms with Crippen molar-refractivity contribution in [1.82, 2.24) is 10.2 Å². The number of nitrogens with one attached hydrogen (secondary N) is 1. The number of methoxy groups -OCH3 is 1. The van der Waals surface area contributed by atoms with Crippen LogP contribution in [-0.2, 0) is 4.79 Å². The van der Waals surface area contributed by atoms with Gasteiger partial charge in [-0.3, -0.25) is 10.1 Å². The first kappa shape index (κ1) is 19.8. The molecular formula is C23H21N3O3S. The molecule has 0 saturated heterocycles. The molecule has 0 aliphatic carbocycles. The van der Waals surface area contributed by atoms with Gasteiger partial charge in [0.2, 0.25) is 5.13 Å². The van der Waals surface area contributed by atoms with Crippen LogP contribution in [0.15, 0.2) is 66.7 Å². The maximum Gasteiger partial charge on any atom is 0.267 e. The molecule has 1 aromatic heterocycles. The lowest BCUT2D eigenvalue weighted by molar-refractivity contribution is -0.122. The Morgan fingerprint density at radius 3 is 2.57 bits per heavy atom. The SMILES string of the molecule is CC[C@@H](Oc1cccc2ccccc12)C(=O)Nc1nnc(-c2ccc(OC)cc2)s1. The number of hydrogen-bond acceptors (Lipinski definition) is 6. The van der Waals surface area contributed by atoms with Gasteiger partial charge in [0.1, 0.15) is 16.5 Å². The first-order valence-electron chi connectivity index (χ1n) is 9.61. The molecule has 0 aliphatic rings. The van der Waals surface area contributed by atoms with Gasteiger partial charge in [0.15, 0.2) is 6.10 Å². The van der Waals surface area contributed by atoms with E-state index in [1.54, 1.807) is 7.11 Å². The summed E-state index contributed by atoms with van der Waals surface area (Å²) in [7, 11) is 1.62. The van der Waals surface area contributed by atoms with Crippen LogP contribution < -0.4 is 14.8 Å². The minimum absolute atomic E-state index is 0.247. The fourth-order valence-electron chi connectivity index (χ4n) is 3.08. The van der Waals surface area contributed by atoms with E-state index >= 15 is 0 Å². The number of benzene rings is 3. The minimum atomic E-state index is -0.635. The topological polar surface area (TPSA) is 73.3 Å². The first-order chi connectivity index (χ1) is 14.7. The standard InChI is InChI=1S/C23H21N3O3S/c1-3-19(29-20-10-6-8-15-7-4-5-9-18(15)20)21(27)24-23-26-25-22(30-23)16-11-13-17(28-2)14-12-16/h4-14,19H,3H2,1-2H3,(H,24,26,27)/t19-/m1/s1. The molecule has 7 heteroatoms. The zero-order chi connectivity index (χ0) is 20.9. The molecule has 0 radical (unpaired) electrons. The molecular weight excluding hydrogens is 398 g/mol. The Bertz CT molecular complexity index is 1150. The van der Waals surface area contributed by atoms with E-state index in [0.29, 0.717) is 17.3 Å². The molecule has 1 heterocycles. The number of carbonyl (C=O) groups excluding carboxylic acids is 1. The van der Waals surface area contributed by atoms with Gasteiger partial charge in [-0.2, -0.15) is 0 Å². The second kappa shape index (κ2) is 8.92. The molecule has 6 nitrogen and oxygen atoms in total. The van der Waals surface area contributed by atoms with Crippen molar-refractivity contribution < 1.29 is 14.3 Å². The van der Waals surface area contributed by atoms with Gasteiger partial charge in [-0.05, 0) is 42.1 Å². The van der Waals surface area contributed by atoms with E-state index in [2.05, 4.69) is 15.5 Å². The maximum atomic E-state index is 12.8. The lowest BCUT2D eigenvalue weighted by Gasteiger charge is -2.17. The number of hydrogen-bond donors (Lipinski definition) is 1. The zero-order valence-corrected chi connectivity index (χ0v) is 17.5. The number of fused-ring (bicyclic) bond motifs is 1. The third-order valence-corrected chi connectivity index (χ3v) is 5.56. The lowest BCUT2D eigenvalue weighted by Crippen LogP contribution is -2.32. The van der Waals surface area contributed by atoms with E-state index in [1.807, 2.05) is 73.7 Å². The molecule has 4 aromatic rings. The quantitative estimate of drug-likeness (QED) is 0.448.